The molecule has 5 N–H and O–H groups in total. The third-order valence-electron chi connectivity index (χ3n) is 8.70. The van der Waals surface area contributed by atoms with E-state index in [4.69, 9.17) is 21.4 Å². The van der Waals surface area contributed by atoms with Crippen LogP contribution >= 0.6 is 11.6 Å². The normalized spacial score (nSPS) is 21.3. The Hall–Kier alpha value is -2.61. The molecule has 4 atom stereocenters. The van der Waals surface area contributed by atoms with Crippen molar-refractivity contribution in [3.63, 3.8) is 0 Å². The van der Waals surface area contributed by atoms with Gasteiger partial charge < -0.3 is 40.1 Å². The number of anilines is 1. The number of carbonyl (C=O) groups is 1. The summed E-state index contributed by atoms with van der Waals surface area (Å²) in [6.07, 6.45) is 3.99. The van der Waals surface area contributed by atoms with Crippen molar-refractivity contribution in [1.82, 2.24) is 14.9 Å². The topological polar surface area (TPSA) is 160 Å². The number of amides is 1. The fourth-order valence-corrected chi connectivity index (χ4v) is 6.03. The van der Waals surface area contributed by atoms with Gasteiger partial charge in [0.15, 0.2) is 0 Å². The van der Waals surface area contributed by atoms with Crippen LogP contribution in [0, 0.1) is 11.7 Å². The fraction of sp³-hybridized carbons (Fsp3) is 0.645. The lowest BCUT2D eigenvalue weighted by atomic mass is 9.92. The lowest BCUT2D eigenvalue weighted by molar-refractivity contribution is -0.130. The molecule has 3 heterocycles. The molecule has 0 bridgehead atoms. The molecule has 11 nitrogen and oxygen atoms in total. The molecule has 244 valence electrons. The summed E-state index contributed by atoms with van der Waals surface area (Å²) < 4.78 is 20.6. The van der Waals surface area contributed by atoms with Crippen molar-refractivity contribution in [2.24, 2.45) is 5.92 Å². The van der Waals surface area contributed by atoms with Crippen molar-refractivity contribution in [3.8, 4) is 5.75 Å². The monoisotopic (exact) mass is 638 g/mol. The van der Waals surface area contributed by atoms with Gasteiger partial charge in [0.2, 0.25) is 11.9 Å². The van der Waals surface area contributed by atoms with Gasteiger partial charge in [-0.1, -0.05) is 17.7 Å². The van der Waals surface area contributed by atoms with Crippen molar-refractivity contribution in [2.45, 2.75) is 81.7 Å². The zero-order valence-corrected chi connectivity index (χ0v) is 25.7. The predicted octanol–water partition coefficient (Wildman–Crippen LogP) is 2.10. The Labute approximate surface area is 262 Å². The zero-order valence-electron chi connectivity index (χ0n) is 24.9. The number of aliphatic hydroxyl groups excluding tert-OH is 4. The summed E-state index contributed by atoms with van der Waals surface area (Å²) in [5, 5.41) is 49.5. The molecule has 1 aromatic carbocycles. The Morgan fingerprint density at radius 2 is 1.84 bits per heavy atom. The van der Waals surface area contributed by atoms with E-state index in [2.05, 4.69) is 14.9 Å². The number of piperidine rings is 1. The summed E-state index contributed by atoms with van der Waals surface area (Å²) in [4.78, 5) is 25.1. The number of hydrogen-bond donors (Lipinski definition) is 5. The first-order valence-corrected chi connectivity index (χ1v) is 15.7. The van der Waals surface area contributed by atoms with Crippen LogP contribution in [0.2, 0.25) is 5.02 Å². The standard InChI is InChI=1S/C31H44ClFN4O7/c32-23-17-34-30(35-18-23)36-11-7-21(8-12-36)3-2-14-44-24-6-5-22(25(33)16-24)15-28(41)37-13-10-31(43,20-37)9-1-4-26(39)29(42)27(40)19-38/h5-6,16-18,21,26-27,29,38-40,42-43H,1-4,7-15,19-20H2/t26-,27+,29-,31?/m0/s1. The molecule has 13 heteroatoms. The number of aromatic nitrogens is 2. The highest BCUT2D eigenvalue weighted by atomic mass is 35.5. The fourth-order valence-electron chi connectivity index (χ4n) is 5.94. The van der Waals surface area contributed by atoms with E-state index in [0.29, 0.717) is 48.6 Å². The number of hydrogen-bond acceptors (Lipinski definition) is 10. The Bertz CT molecular complexity index is 1200. The lowest BCUT2D eigenvalue weighted by Gasteiger charge is -2.31. The first-order chi connectivity index (χ1) is 21.1. The number of aliphatic hydroxyl groups is 5. The van der Waals surface area contributed by atoms with E-state index in [1.807, 2.05) is 0 Å². The second-order valence-electron chi connectivity index (χ2n) is 12.0. The Balaban J connectivity index is 1.13. The van der Waals surface area contributed by atoms with E-state index in [1.165, 1.54) is 11.0 Å². The summed E-state index contributed by atoms with van der Waals surface area (Å²) in [7, 11) is 0. The van der Waals surface area contributed by atoms with Gasteiger partial charge in [-0.2, -0.15) is 0 Å². The molecule has 2 fully saturated rings. The Morgan fingerprint density at radius 1 is 1.11 bits per heavy atom. The number of ether oxygens (including phenoxy) is 1. The molecule has 1 unspecified atom stereocenters. The maximum Gasteiger partial charge on any atom is 0.227 e. The van der Waals surface area contributed by atoms with Crippen molar-refractivity contribution in [1.29, 1.82) is 0 Å². The van der Waals surface area contributed by atoms with Crippen molar-refractivity contribution < 1.29 is 39.5 Å². The van der Waals surface area contributed by atoms with E-state index < -0.39 is 36.3 Å². The van der Waals surface area contributed by atoms with Crippen LogP contribution in [0.3, 0.4) is 0 Å². The lowest BCUT2D eigenvalue weighted by Crippen LogP contribution is -2.40. The number of carbonyl (C=O) groups excluding carboxylic acids is 1. The second kappa shape index (κ2) is 16.1. The van der Waals surface area contributed by atoms with E-state index in [0.717, 1.165) is 38.8 Å². The molecule has 2 aliphatic heterocycles. The number of benzene rings is 1. The summed E-state index contributed by atoms with van der Waals surface area (Å²) >= 11 is 5.87. The van der Waals surface area contributed by atoms with Gasteiger partial charge in [-0.15, -0.1) is 0 Å². The minimum atomic E-state index is -1.48. The molecule has 0 aliphatic carbocycles. The van der Waals surface area contributed by atoms with Gasteiger partial charge in [0.25, 0.3) is 0 Å². The van der Waals surface area contributed by atoms with Gasteiger partial charge in [0, 0.05) is 32.2 Å². The summed E-state index contributed by atoms with van der Waals surface area (Å²) in [6.45, 7) is 2.02. The minimum absolute atomic E-state index is 0.0977. The molecule has 4 rings (SSSR count). The van der Waals surface area contributed by atoms with Crippen LogP contribution in [-0.4, -0.2) is 110 Å². The SMILES string of the molecule is O=C(Cc1ccc(OCCCC2CCN(c3ncc(Cl)cn3)CC2)cc1F)N1CCC(O)(CCC[C@H](O)[C@H](O)[C@H](O)CO)C1. The average molecular weight is 639 g/mol. The number of nitrogens with zero attached hydrogens (tertiary/aromatic N) is 4. The number of halogens is 2. The predicted molar refractivity (Wildman–Crippen MR) is 162 cm³/mol. The molecular weight excluding hydrogens is 595 g/mol. The number of β-amino-alcohol motifs (C(OH)–C–C–N with tert-alkyl or cyclic N) is 1. The molecular formula is C31H44ClFN4O7. The van der Waals surface area contributed by atoms with Gasteiger partial charge in [-0.3, -0.25) is 4.79 Å². The van der Waals surface area contributed by atoms with E-state index in [9.17, 15) is 29.6 Å². The molecule has 2 saturated heterocycles. The number of likely N-dealkylation sites (tertiary alicyclic amines) is 1. The second-order valence-corrected chi connectivity index (χ2v) is 12.5. The van der Waals surface area contributed by atoms with Gasteiger partial charge in [-0.05, 0) is 68.9 Å². The van der Waals surface area contributed by atoms with Crippen LogP contribution in [0.1, 0.15) is 56.9 Å². The van der Waals surface area contributed by atoms with Gasteiger partial charge in [-0.25, -0.2) is 14.4 Å². The van der Waals surface area contributed by atoms with Crippen LogP contribution in [0.15, 0.2) is 30.6 Å². The highest BCUT2D eigenvalue weighted by Crippen LogP contribution is 2.29. The molecule has 0 spiro atoms. The smallest absolute Gasteiger partial charge is 0.227 e. The van der Waals surface area contributed by atoms with E-state index in [-0.39, 0.29) is 37.3 Å². The van der Waals surface area contributed by atoms with Crippen molar-refractivity contribution in [2.75, 3.05) is 44.3 Å². The third-order valence-corrected chi connectivity index (χ3v) is 8.89. The first kappa shape index (κ1) is 34.3. The largest absolute Gasteiger partial charge is 0.493 e. The average Bonchev–Trinajstić information content (AvgIpc) is 3.42. The van der Waals surface area contributed by atoms with Crippen LogP contribution in [0.4, 0.5) is 10.3 Å². The first-order valence-electron chi connectivity index (χ1n) is 15.4. The number of rotatable bonds is 15. The van der Waals surface area contributed by atoms with Gasteiger partial charge in [0.1, 0.15) is 23.8 Å². The van der Waals surface area contributed by atoms with Crippen molar-refractivity contribution in [3.05, 3.63) is 47.0 Å². The van der Waals surface area contributed by atoms with Crippen LogP contribution < -0.4 is 9.64 Å². The van der Waals surface area contributed by atoms with E-state index >= 15 is 0 Å². The highest BCUT2D eigenvalue weighted by molar-refractivity contribution is 6.30. The van der Waals surface area contributed by atoms with Crippen LogP contribution in [0.5, 0.6) is 5.75 Å². The maximum atomic E-state index is 14.8. The van der Waals surface area contributed by atoms with Gasteiger partial charge >= 0.3 is 0 Å². The zero-order chi connectivity index (χ0) is 31.7. The summed E-state index contributed by atoms with van der Waals surface area (Å²) in [5.74, 6) is 0.904. The third kappa shape index (κ3) is 9.69. The summed E-state index contributed by atoms with van der Waals surface area (Å²) in [5.41, 5.74) is -0.886. The quantitative estimate of drug-likeness (QED) is 0.183. The van der Waals surface area contributed by atoms with Gasteiger partial charge in [0.05, 0.1) is 48.8 Å². The van der Waals surface area contributed by atoms with Crippen LogP contribution in [0.25, 0.3) is 0 Å². The molecule has 0 saturated carbocycles. The molecule has 1 amide bonds. The minimum Gasteiger partial charge on any atom is -0.493 e. The molecule has 2 aromatic rings. The van der Waals surface area contributed by atoms with Crippen molar-refractivity contribution >= 4 is 23.5 Å². The Kier molecular flexibility index (Phi) is 12.5. The summed E-state index contributed by atoms with van der Waals surface area (Å²) in [6, 6.07) is 4.54. The molecule has 0 radical (unpaired) electrons. The highest BCUT2D eigenvalue weighted by Gasteiger charge is 2.38. The van der Waals surface area contributed by atoms with Crippen LogP contribution in [-0.2, 0) is 11.2 Å². The Morgan fingerprint density at radius 3 is 2.52 bits per heavy atom. The molecule has 1 aromatic heterocycles. The maximum absolute atomic E-state index is 14.8. The molecule has 2 aliphatic rings. The van der Waals surface area contributed by atoms with E-state index in [1.54, 1.807) is 24.5 Å². The molecule has 44 heavy (non-hydrogen) atoms.